The molecule has 0 saturated carbocycles. The van der Waals surface area contributed by atoms with Crippen LogP contribution in [0.25, 0.3) is 0 Å². The molecule has 0 radical (unpaired) electrons. The maximum absolute atomic E-state index is 11.3. The molecule has 0 unspecified atom stereocenters. The van der Waals surface area contributed by atoms with Crippen molar-refractivity contribution in [3.63, 3.8) is 0 Å². The normalized spacial score (nSPS) is 28.0. The standard InChI is InChI=1S/C7H10Br2ClNO3S2/c8-6(9)1-14-7(15)11-5-3-16(12,13)2-4(5)10/h4-6H,1-3H2,(H,11,15)/t4-,5-/m1/s1. The minimum absolute atomic E-state index is 0.00106. The number of alkyl halides is 3. The van der Waals surface area contributed by atoms with Crippen LogP contribution >= 0.6 is 55.7 Å². The molecule has 1 saturated heterocycles. The SMILES string of the molecule is O=S1(=O)C[C@@H](Cl)[C@H](NC(=S)OCC(Br)Br)C1. The van der Waals surface area contributed by atoms with Gasteiger partial charge in [0.1, 0.15) is 10.3 Å². The molecule has 1 aliphatic rings. The topological polar surface area (TPSA) is 55.4 Å². The fourth-order valence-electron chi connectivity index (χ4n) is 1.27. The van der Waals surface area contributed by atoms with Crippen molar-refractivity contribution in [2.24, 2.45) is 0 Å². The Morgan fingerprint density at radius 3 is 2.62 bits per heavy atom. The Bertz CT molecular complexity index is 363. The van der Waals surface area contributed by atoms with Crippen LogP contribution in [-0.2, 0) is 14.6 Å². The van der Waals surface area contributed by atoms with Crippen molar-refractivity contribution in [1.29, 1.82) is 0 Å². The number of hydrogen-bond donors (Lipinski definition) is 1. The summed E-state index contributed by atoms with van der Waals surface area (Å²) in [7, 11) is -3.05. The predicted molar refractivity (Wildman–Crippen MR) is 75.4 cm³/mol. The lowest BCUT2D eigenvalue weighted by atomic mass is 10.3. The van der Waals surface area contributed by atoms with Crippen molar-refractivity contribution in [1.82, 2.24) is 5.32 Å². The number of nitrogens with one attached hydrogen (secondary N) is 1. The summed E-state index contributed by atoms with van der Waals surface area (Å²) < 4.78 is 27.7. The van der Waals surface area contributed by atoms with Gasteiger partial charge in [0.05, 0.1) is 22.9 Å². The first-order chi connectivity index (χ1) is 7.30. The molecule has 1 N–H and O–H groups in total. The summed E-state index contributed by atoms with van der Waals surface area (Å²) in [6.45, 7) is 0.345. The van der Waals surface area contributed by atoms with Crippen molar-refractivity contribution >= 4 is 70.7 Å². The summed E-state index contributed by atoms with van der Waals surface area (Å²) in [6, 6.07) is -0.372. The molecular formula is C7H10Br2ClNO3S2. The van der Waals surface area contributed by atoms with Gasteiger partial charge in [-0.25, -0.2) is 8.42 Å². The molecule has 0 aromatic heterocycles. The first-order valence-electron chi connectivity index (χ1n) is 4.36. The molecule has 1 heterocycles. The number of sulfone groups is 1. The van der Waals surface area contributed by atoms with Gasteiger partial charge in [0.2, 0.25) is 0 Å². The third-order valence-corrected chi connectivity index (χ3v) is 5.07. The molecule has 1 fully saturated rings. The monoisotopic (exact) mass is 413 g/mol. The molecule has 0 aromatic carbocycles. The molecule has 0 aliphatic carbocycles. The number of halogens is 3. The van der Waals surface area contributed by atoms with Gasteiger partial charge >= 0.3 is 0 Å². The predicted octanol–water partition coefficient (Wildman–Crippen LogP) is 1.40. The van der Waals surface area contributed by atoms with E-state index in [1.54, 1.807) is 0 Å². The van der Waals surface area contributed by atoms with E-state index in [0.717, 1.165) is 0 Å². The average molecular weight is 416 g/mol. The Balaban J connectivity index is 2.40. The van der Waals surface area contributed by atoms with Crippen LogP contribution in [0.2, 0.25) is 0 Å². The highest BCUT2D eigenvalue weighted by Crippen LogP contribution is 2.18. The third kappa shape index (κ3) is 5.03. The van der Waals surface area contributed by atoms with E-state index in [9.17, 15) is 8.42 Å². The van der Waals surface area contributed by atoms with Gasteiger partial charge in [-0.05, 0) is 12.2 Å². The second kappa shape index (κ2) is 6.17. The fourth-order valence-corrected chi connectivity index (χ4v) is 4.30. The maximum atomic E-state index is 11.3. The Kier molecular flexibility index (Phi) is 5.77. The molecule has 1 aliphatic heterocycles. The lowest BCUT2D eigenvalue weighted by Gasteiger charge is -2.16. The van der Waals surface area contributed by atoms with Gasteiger partial charge < -0.3 is 10.1 Å². The molecule has 0 bridgehead atoms. The zero-order chi connectivity index (χ0) is 12.3. The van der Waals surface area contributed by atoms with Crippen LogP contribution < -0.4 is 5.32 Å². The molecular weight excluding hydrogens is 405 g/mol. The Hall–Kier alpha value is 0.890. The van der Waals surface area contributed by atoms with Crippen LogP contribution in [0.1, 0.15) is 0 Å². The van der Waals surface area contributed by atoms with Crippen LogP contribution in [0.4, 0.5) is 0 Å². The fraction of sp³-hybridized carbons (Fsp3) is 0.857. The number of thiocarbonyl (C=S) groups is 1. The summed E-state index contributed by atoms with van der Waals surface area (Å²) in [5, 5.41) is 2.50. The van der Waals surface area contributed by atoms with Crippen molar-refractivity contribution in [2.45, 2.75) is 15.2 Å². The van der Waals surface area contributed by atoms with E-state index < -0.39 is 15.2 Å². The number of rotatable bonds is 3. The Labute approximate surface area is 122 Å². The minimum atomic E-state index is -3.05. The van der Waals surface area contributed by atoms with Gasteiger partial charge in [0.25, 0.3) is 5.17 Å². The van der Waals surface area contributed by atoms with Crippen LogP contribution in [0.3, 0.4) is 0 Å². The Morgan fingerprint density at radius 1 is 1.56 bits per heavy atom. The van der Waals surface area contributed by atoms with E-state index in [1.165, 1.54) is 0 Å². The zero-order valence-electron chi connectivity index (χ0n) is 8.03. The summed E-state index contributed by atoms with van der Waals surface area (Å²) in [5.41, 5.74) is 0. The molecule has 16 heavy (non-hydrogen) atoms. The molecule has 0 spiro atoms. The summed E-state index contributed by atoms with van der Waals surface area (Å²) >= 11 is 17.3. The van der Waals surface area contributed by atoms with E-state index in [-0.39, 0.29) is 26.5 Å². The lowest BCUT2D eigenvalue weighted by molar-refractivity contribution is 0.315. The zero-order valence-corrected chi connectivity index (χ0v) is 13.6. The number of ether oxygens (including phenoxy) is 1. The quantitative estimate of drug-likeness (QED) is 0.558. The molecule has 1 rings (SSSR count). The van der Waals surface area contributed by atoms with Gasteiger partial charge in [-0.1, -0.05) is 31.9 Å². The highest BCUT2D eigenvalue weighted by molar-refractivity contribution is 9.24. The van der Waals surface area contributed by atoms with Gasteiger partial charge in [-0.15, -0.1) is 11.6 Å². The van der Waals surface area contributed by atoms with Gasteiger partial charge in [0, 0.05) is 0 Å². The lowest BCUT2D eigenvalue weighted by Crippen LogP contribution is -2.41. The highest BCUT2D eigenvalue weighted by atomic mass is 79.9. The second-order valence-corrected chi connectivity index (χ2v) is 9.86. The van der Waals surface area contributed by atoms with Gasteiger partial charge in [-0.2, -0.15) is 0 Å². The van der Waals surface area contributed by atoms with Gasteiger partial charge in [0.15, 0.2) is 9.84 Å². The van der Waals surface area contributed by atoms with Crippen molar-refractivity contribution < 1.29 is 13.2 Å². The van der Waals surface area contributed by atoms with E-state index in [4.69, 9.17) is 28.6 Å². The van der Waals surface area contributed by atoms with Crippen molar-refractivity contribution in [3.05, 3.63) is 0 Å². The molecule has 2 atom stereocenters. The van der Waals surface area contributed by atoms with E-state index >= 15 is 0 Å². The van der Waals surface area contributed by atoms with E-state index in [1.807, 2.05) is 0 Å². The van der Waals surface area contributed by atoms with Crippen molar-refractivity contribution in [2.75, 3.05) is 18.1 Å². The maximum Gasteiger partial charge on any atom is 0.256 e. The average Bonchev–Trinajstić information content (AvgIpc) is 2.36. The molecule has 0 amide bonds. The highest BCUT2D eigenvalue weighted by Gasteiger charge is 2.36. The van der Waals surface area contributed by atoms with E-state index in [0.29, 0.717) is 6.61 Å². The Morgan fingerprint density at radius 2 is 2.19 bits per heavy atom. The largest absolute Gasteiger partial charge is 0.469 e. The summed E-state index contributed by atoms with van der Waals surface area (Å²) in [5.74, 6) is -0.0227. The van der Waals surface area contributed by atoms with Crippen LogP contribution in [-0.4, -0.2) is 46.9 Å². The van der Waals surface area contributed by atoms with Gasteiger partial charge in [-0.3, -0.25) is 0 Å². The van der Waals surface area contributed by atoms with Crippen molar-refractivity contribution in [3.8, 4) is 0 Å². The summed E-state index contributed by atoms with van der Waals surface area (Å²) in [6.07, 6.45) is 0. The first kappa shape index (κ1) is 14.9. The smallest absolute Gasteiger partial charge is 0.256 e. The van der Waals surface area contributed by atoms with Crippen LogP contribution in [0.15, 0.2) is 0 Å². The van der Waals surface area contributed by atoms with Crippen LogP contribution in [0.5, 0.6) is 0 Å². The second-order valence-electron chi connectivity index (χ2n) is 3.33. The first-order valence-corrected chi connectivity index (χ1v) is 8.86. The molecule has 4 nitrogen and oxygen atoms in total. The molecule has 0 aromatic rings. The van der Waals surface area contributed by atoms with Crippen LogP contribution in [0, 0.1) is 0 Å². The number of hydrogen-bond acceptors (Lipinski definition) is 4. The minimum Gasteiger partial charge on any atom is -0.469 e. The molecule has 94 valence electrons. The summed E-state index contributed by atoms with van der Waals surface area (Å²) in [4.78, 5) is 0. The molecule has 9 heteroatoms. The third-order valence-electron chi connectivity index (χ3n) is 1.93. The van der Waals surface area contributed by atoms with E-state index in [2.05, 4.69) is 37.2 Å².